The molecule has 0 aromatic heterocycles. The smallest absolute Gasteiger partial charge is 0.343 e. The van der Waals surface area contributed by atoms with Crippen LogP contribution in [0.25, 0.3) is 0 Å². The van der Waals surface area contributed by atoms with Crippen LogP contribution in [0.15, 0.2) is 72.3 Å². The maximum absolute atomic E-state index is 13.7. The van der Waals surface area contributed by atoms with Gasteiger partial charge in [-0.2, -0.15) is 0 Å². The molecule has 2 aromatic carbocycles. The fourth-order valence-corrected chi connectivity index (χ4v) is 9.35. The van der Waals surface area contributed by atoms with Gasteiger partial charge in [0.1, 0.15) is 12.4 Å². The summed E-state index contributed by atoms with van der Waals surface area (Å²) in [4.78, 5) is 38.6. The highest BCUT2D eigenvalue weighted by molar-refractivity contribution is 6.01. The van der Waals surface area contributed by atoms with E-state index in [1.54, 1.807) is 60.7 Å². The number of aliphatic hydroxyl groups excluding tert-OH is 2. The van der Waals surface area contributed by atoms with E-state index in [9.17, 15) is 24.6 Å². The standard InChI is InChI=1S/C35H37NO8/c1-33-13-12-23(38)14-21(33)10-11-25-26-16-29-35(28(40)18-37,34(26,2)17-27(39)30(25)33)44-32(43-29)20-8-6-19(7-9-20)31(41)42-24-5-3-4-22(36)15-24/h3-9,12-15,25-27,29-30,32,37,39H,10-11,16-18,36H2,1-2H3/t25-,26-,27-,29+,30+,32-,33-,34-,35+/m0/s1. The van der Waals surface area contributed by atoms with Crippen molar-refractivity contribution in [1.82, 2.24) is 0 Å². The third kappa shape index (κ3) is 4.10. The van der Waals surface area contributed by atoms with Crippen LogP contribution in [-0.2, 0) is 19.1 Å². The maximum Gasteiger partial charge on any atom is 0.343 e. The summed E-state index contributed by atoms with van der Waals surface area (Å²) in [6.07, 6.45) is 5.40. The van der Waals surface area contributed by atoms with Gasteiger partial charge in [0.05, 0.1) is 17.8 Å². The van der Waals surface area contributed by atoms with Crippen LogP contribution in [-0.4, -0.2) is 52.2 Å². The van der Waals surface area contributed by atoms with Crippen LogP contribution >= 0.6 is 0 Å². The molecule has 1 aliphatic heterocycles. The Morgan fingerprint density at radius 3 is 2.64 bits per heavy atom. The Morgan fingerprint density at radius 2 is 1.91 bits per heavy atom. The van der Waals surface area contributed by atoms with E-state index in [0.717, 1.165) is 18.4 Å². The molecule has 2 aromatic rings. The predicted octanol–water partition coefficient (Wildman–Crippen LogP) is 4.09. The van der Waals surface area contributed by atoms with Crippen molar-refractivity contribution < 1.29 is 38.8 Å². The minimum Gasteiger partial charge on any atom is -0.423 e. The number of esters is 1. The van der Waals surface area contributed by atoms with Gasteiger partial charge in [0.2, 0.25) is 0 Å². The first-order valence-electron chi connectivity index (χ1n) is 15.3. The van der Waals surface area contributed by atoms with Crippen LogP contribution in [0.4, 0.5) is 5.69 Å². The van der Waals surface area contributed by atoms with Crippen molar-refractivity contribution in [2.75, 3.05) is 12.3 Å². The van der Waals surface area contributed by atoms with Gasteiger partial charge in [0.25, 0.3) is 0 Å². The van der Waals surface area contributed by atoms with Gasteiger partial charge in [-0.15, -0.1) is 0 Å². The fourth-order valence-electron chi connectivity index (χ4n) is 9.35. The summed E-state index contributed by atoms with van der Waals surface area (Å²) in [6, 6.07) is 13.2. The Morgan fingerprint density at radius 1 is 1.14 bits per heavy atom. The lowest BCUT2D eigenvalue weighted by Gasteiger charge is -2.59. The summed E-state index contributed by atoms with van der Waals surface area (Å²) < 4.78 is 18.6. The van der Waals surface area contributed by atoms with Gasteiger partial charge in [-0.1, -0.05) is 43.7 Å². The summed E-state index contributed by atoms with van der Waals surface area (Å²) in [5, 5.41) is 22.0. The van der Waals surface area contributed by atoms with E-state index in [4.69, 9.17) is 19.9 Å². The van der Waals surface area contributed by atoms with Gasteiger partial charge in [-0.25, -0.2) is 4.79 Å². The van der Waals surface area contributed by atoms with Crippen LogP contribution in [0.5, 0.6) is 5.75 Å². The van der Waals surface area contributed by atoms with Crippen molar-refractivity contribution in [1.29, 1.82) is 0 Å². The first kappa shape index (κ1) is 29.1. The average Bonchev–Trinajstić information content (AvgIpc) is 3.50. The van der Waals surface area contributed by atoms with E-state index in [-0.39, 0.29) is 23.5 Å². The van der Waals surface area contributed by atoms with Crippen molar-refractivity contribution in [3.63, 3.8) is 0 Å². The number of allylic oxidation sites excluding steroid dienone is 4. The van der Waals surface area contributed by atoms with Gasteiger partial charge in [0, 0.05) is 34.1 Å². The van der Waals surface area contributed by atoms with E-state index < -0.39 is 53.3 Å². The number of hydrogen-bond donors (Lipinski definition) is 3. The van der Waals surface area contributed by atoms with Crippen molar-refractivity contribution in [3.8, 4) is 5.75 Å². The van der Waals surface area contributed by atoms with Crippen molar-refractivity contribution in [2.24, 2.45) is 28.6 Å². The quantitative estimate of drug-likeness (QED) is 0.263. The lowest BCUT2D eigenvalue weighted by Crippen LogP contribution is -2.63. The molecule has 44 heavy (non-hydrogen) atoms. The summed E-state index contributed by atoms with van der Waals surface area (Å²) in [5.74, 6) is -0.704. The van der Waals surface area contributed by atoms with E-state index in [2.05, 4.69) is 6.92 Å². The number of rotatable bonds is 5. The van der Waals surface area contributed by atoms with Gasteiger partial charge in [0.15, 0.2) is 23.5 Å². The second-order valence-electron chi connectivity index (χ2n) is 13.4. The molecule has 1 saturated heterocycles. The molecule has 5 aliphatic rings. The van der Waals surface area contributed by atoms with Gasteiger partial charge < -0.3 is 30.2 Å². The average molecular weight is 600 g/mol. The van der Waals surface area contributed by atoms with Crippen LogP contribution in [0.2, 0.25) is 0 Å². The molecular formula is C35H37NO8. The number of Topliss-reactive ketones (excluding diaryl/α,β-unsaturated/α-hetero) is 1. The zero-order valence-electron chi connectivity index (χ0n) is 24.8. The zero-order chi connectivity index (χ0) is 31.0. The molecule has 9 atom stereocenters. The Labute approximate surface area is 255 Å². The molecule has 4 fully saturated rings. The number of ether oxygens (including phenoxy) is 3. The van der Waals surface area contributed by atoms with Crippen LogP contribution in [0, 0.1) is 28.6 Å². The van der Waals surface area contributed by atoms with E-state index in [0.29, 0.717) is 35.4 Å². The first-order valence-corrected chi connectivity index (χ1v) is 15.3. The zero-order valence-corrected chi connectivity index (χ0v) is 24.8. The summed E-state index contributed by atoms with van der Waals surface area (Å²) >= 11 is 0. The number of carbonyl (C=O) groups is 3. The van der Waals surface area contributed by atoms with Crippen LogP contribution in [0.1, 0.15) is 61.7 Å². The van der Waals surface area contributed by atoms with Crippen molar-refractivity contribution in [3.05, 3.63) is 83.5 Å². The monoisotopic (exact) mass is 599 g/mol. The highest BCUT2D eigenvalue weighted by Crippen LogP contribution is 2.70. The molecule has 1 heterocycles. The number of nitrogen functional groups attached to an aromatic ring is 1. The molecule has 230 valence electrons. The predicted molar refractivity (Wildman–Crippen MR) is 159 cm³/mol. The lowest BCUT2D eigenvalue weighted by atomic mass is 9.46. The second-order valence-corrected chi connectivity index (χ2v) is 13.4. The topological polar surface area (TPSA) is 145 Å². The molecule has 0 amide bonds. The molecular weight excluding hydrogens is 562 g/mol. The Bertz CT molecular complexity index is 1600. The number of aliphatic hydroxyl groups is 2. The molecule has 9 heteroatoms. The van der Waals surface area contributed by atoms with Crippen molar-refractivity contribution >= 4 is 23.2 Å². The largest absolute Gasteiger partial charge is 0.423 e. The molecule has 0 bridgehead atoms. The highest BCUT2D eigenvalue weighted by atomic mass is 16.7. The Balaban J connectivity index is 1.15. The van der Waals surface area contributed by atoms with Gasteiger partial charge in [-0.3, -0.25) is 9.59 Å². The van der Waals surface area contributed by atoms with Crippen LogP contribution < -0.4 is 10.5 Å². The minimum atomic E-state index is -1.44. The molecule has 0 spiro atoms. The summed E-state index contributed by atoms with van der Waals surface area (Å²) in [7, 11) is 0. The number of benzene rings is 2. The number of carbonyl (C=O) groups excluding carboxylic acids is 3. The highest BCUT2D eigenvalue weighted by Gasteiger charge is 2.75. The molecule has 3 saturated carbocycles. The molecule has 4 aliphatic carbocycles. The summed E-state index contributed by atoms with van der Waals surface area (Å²) in [5.41, 5.74) is 5.59. The molecule has 4 N–H and O–H groups in total. The molecule has 0 unspecified atom stereocenters. The number of hydrogen-bond acceptors (Lipinski definition) is 9. The number of anilines is 1. The van der Waals surface area contributed by atoms with Crippen LogP contribution in [0.3, 0.4) is 0 Å². The lowest BCUT2D eigenvalue weighted by molar-refractivity contribution is -0.201. The third-order valence-electron chi connectivity index (χ3n) is 11.3. The summed E-state index contributed by atoms with van der Waals surface area (Å²) in [6.45, 7) is 3.40. The number of ketones is 2. The van der Waals surface area contributed by atoms with E-state index in [1.807, 2.05) is 13.0 Å². The second kappa shape index (κ2) is 10.2. The van der Waals surface area contributed by atoms with Gasteiger partial charge in [-0.05, 0) is 73.9 Å². The first-order chi connectivity index (χ1) is 21.0. The van der Waals surface area contributed by atoms with Gasteiger partial charge >= 0.3 is 5.97 Å². The normalized spacial score (nSPS) is 38.6. The number of nitrogens with two attached hydrogens (primary N) is 1. The minimum absolute atomic E-state index is 0.00548. The fraction of sp³-hybridized carbons (Fsp3) is 0.457. The third-order valence-corrected chi connectivity index (χ3v) is 11.3. The maximum atomic E-state index is 13.7. The van der Waals surface area contributed by atoms with Crippen molar-refractivity contribution in [2.45, 2.75) is 63.6 Å². The molecule has 0 radical (unpaired) electrons. The van der Waals surface area contributed by atoms with E-state index >= 15 is 0 Å². The Hall–Kier alpha value is -3.63. The SMILES string of the molecule is C[C@]12C=CC(=O)C=C1CC[C@@H]1[C@@H]2[C@@H](O)C[C@@]2(C)[C@H]1C[C@H]1O[C@H](c3ccc(C(=O)Oc4cccc(N)c4)cc3)O[C@]12C(=O)CO. The molecule has 7 rings (SSSR count). The molecule has 9 nitrogen and oxygen atoms in total. The number of fused-ring (bicyclic) bond motifs is 7. The Kier molecular flexibility index (Phi) is 6.75. The van der Waals surface area contributed by atoms with E-state index in [1.165, 1.54) is 0 Å².